The molecule has 0 radical (unpaired) electrons. The molecule has 0 spiro atoms. The van der Waals surface area contributed by atoms with Crippen LogP contribution in [0.2, 0.25) is 0 Å². The number of aliphatic hydroxyl groups is 3. The van der Waals surface area contributed by atoms with Crippen molar-refractivity contribution in [2.75, 3.05) is 19.0 Å². The molecule has 1 rings (SSSR count). The van der Waals surface area contributed by atoms with Crippen LogP contribution in [0, 0.1) is 0 Å². The van der Waals surface area contributed by atoms with Crippen LogP contribution in [0.5, 0.6) is 0 Å². The predicted octanol–water partition coefficient (Wildman–Crippen LogP) is 9.78. The highest BCUT2D eigenvalue weighted by Crippen LogP contribution is 2.24. The number of rotatable bonds is 36. The predicted molar refractivity (Wildman–Crippen MR) is 256 cm³/mol. The molecule has 12 nitrogen and oxygen atoms in total. The van der Waals surface area contributed by atoms with E-state index < -0.39 is 71.2 Å². The summed E-state index contributed by atoms with van der Waals surface area (Å²) in [6, 6.07) is 0. The van der Waals surface area contributed by atoms with Gasteiger partial charge in [0.15, 0.2) is 12.4 Å². The number of unbranched alkanes of at least 4 members (excludes halogenated alkanes) is 4. The van der Waals surface area contributed by atoms with Crippen molar-refractivity contribution in [1.29, 1.82) is 0 Å². The molecule has 0 aromatic heterocycles. The normalized spacial score (nSPS) is 20.8. The molecule has 0 aromatic carbocycles. The standard InChI is InChI=1S/C51H78O12S/c1-3-5-7-9-11-13-15-17-19-21-22-24-26-28-30-32-34-36-38-40-47(53)62-44(42-61-51-50(56)49(55)48(54)45(63-51)43-64(57,58)59)41-60-46(52)39-37-35-33-31-29-27-25-23-20-18-16-14-12-10-8-6-4-2/h5-8,11-14,17-20,22,24-25,27-28,30-31,33,44-45,48-51,54-56H,3-4,9-10,15-16,21,23,26,29,32,34-43H2,1-2H3,(H,57,58,59)/b7-5-,8-6-,13-11-,14-12-,19-17-,20-18-,24-22-,27-25-,30-28-,33-31-. The van der Waals surface area contributed by atoms with Crippen molar-refractivity contribution < 1.29 is 56.8 Å². The highest BCUT2D eigenvalue weighted by Gasteiger charge is 2.46. The molecule has 0 aromatic rings. The average Bonchev–Trinajstić information content (AvgIpc) is 3.26. The van der Waals surface area contributed by atoms with E-state index in [4.69, 9.17) is 18.9 Å². The Morgan fingerprint density at radius 3 is 1.41 bits per heavy atom. The molecular formula is C51H78O12S. The average molecular weight is 915 g/mol. The van der Waals surface area contributed by atoms with E-state index in [9.17, 15) is 37.9 Å². The van der Waals surface area contributed by atoms with E-state index in [0.29, 0.717) is 19.3 Å². The second kappa shape index (κ2) is 39.4. The van der Waals surface area contributed by atoms with Crippen LogP contribution in [0.4, 0.5) is 0 Å². The molecular weight excluding hydrogens is 837 g/mol. The second-order valence-corrected chi connectivity index (χ2v) is 16.8. The summed E-state index contributed by atoms with van der Waals surface area (Å²) in [6.45, 7) is 3.43. The molecule has 1 aliphatic rings. The highest BCUT2D eigenvalue weighted by molar-refractivity contribution is 7.85. The van der Waals surface area contributed by atoms with Gasteiger partial charge < -0.3 is 34.3 Å². The monoisotopic (exact) mass is 915 g/mol. The molecule has 6 unspecified atom stereocenters. The summed E-state index contributed by atoms with van der Waals surface area (Å²) in [4.78, 5) is 25.4. The van der Waals surface area contributed by atoms with E-state index in [1.807, 2.05) is 12.2 Å². The Bertz CT molecular complexity index is 1640. The first-order chi connectivity index (χ1) is 31.0. The fraction of sp³-hybridized carbons (Fsp3) is 0.569. The topological polar surface area (TPSA) is 186 Å². The molecule has 4 N–H and O–H groups in total. The van der Waals surface area contributed by atoms with Crippen molar-refractivity contribution in [2.24, 2.45) is 0 Å². The number of hydrogen-bond donors (Lipinski definition) is 4. The number of aliphatic hydroxyl groups excluding tert-OH is 3. The number of hydrogen-bond acceptors (Lipinski definition) is 11. The van der Waals surface area contributed by atoms with Gasteiger partial charge in [-0.3, -0.25) is 14.1 Å². The first-order valence-electron chi connectivity index (χ1n) is 23.1. The van der Waals surface area contributed by atoms with Crippen LogP contribution < -0.4 is 0 Å². The molecule has 1 heterocycles. The second-order valence-electron chi connectivity index (χ2n) is 15.3. The third kappa shape index (κ3) is 33.5. The van der Waals surface area contributed by atoms with Crippen LogP contribution in [-0.4, -0.2) is 96.0 Å². The summed E-state index contributed by atoms with van der Waals surface area (Å²) in [5.41, 5.74) is 0. The summed E-state index contributed by atoms with van der Waals surface area (Å²) in [5, 5.41) is 30.9. The van der Waals surface area contributed by atoms with Gasteiger partial charge >= 0.3 is 11.9 Å². The Kier molecular flexibility index (Phi) is 35.8. The smallest absolute Gasteiger partial charge is 0.306 e. The maximum atomic E-state index is 12.8. The third-order valence-corrected chi connectivity index (χ3v) is 10.3. The first-order valence-corrected chi connectivity index (χ1v) is 24.7. The lowest BCUT2D eigenvalue weighted by Gasteiger charge is -2.40. The lowest BCUT2D eigenvalue weighted by atomic mass is 10.00. The minimum Gasteiger partial charge on any atom is -0.462 e. The lowest BCUT2D eigenvalue weighted by Crippen LogP contribution is -2.60. The van der Waals surface area contributed by atoms with Gasteiger partial charge in [0, 0.05) is 12.8 Å². The van der Waals surface area contributed by atoms with Crippen LogP contribution in [0.3, 0.4) is 0 Å². The van der Waals surface area contributed by atoms with E-state index >= 15 is 0 Å². The van der Waals surface area contributed by atoms with E-state index in [1.165, 1.54) is 0 Å². The van der Waals surface area contributed by atoms with Gasteiger partial charge in [0.25, 0.3) is 10.1 Å². The van der Waals surface area contributed by atoms with E-state index in [0.717, 1.165) is 83.5 Å². The molecule has 6 atom stereocenters. The van der Waals surface area contributed by atoms with E-state index in [1.54, 1.807) is 0 Å². The number of carbonyl (C=O) groups is 2. The zero-order chi connectivity index (χ0) is 46.9. The Hall–Kier alpha value is -3.95. The molecule has 0 saturated carbocycles. The van der Waals surface area contributed by atoms with Gasteiger partial charge in [-0.25, -0.2) is 0 Å². The van der Waals surface area contributed by atoms with Gasteiger partial charge in [-0.2, -0.15) is 8.42 Å². The molecule has 13 heteroatoms. The molecule has 0 amide bonds. The van der Waals surface area contributed by atoms with Gasteiger partial charge in [0.05, 0.1) is 6.61 Å². The Morgan fingerprint density at radius 2 is 0.953 bits per heavy atom. The number of esters is 2. The van der Waals surface area contributed by atoms with Gasteiger partial charge in [-0.15, -0.1) is 0 Å². The zero-order valence-electron chi connectivity index (χ0n) is 38.3. The summed E-state index contributed by atoms with van der Waals surface area (Å²) in [7, 11) is -4.62. The summed E-state index contributed by atoms with van der Waals surface area (Å²) >= 11 is 0. The van der Waals surface area contributed by atoms with Gasteiger partial charge in [-0.05, 0) is 96.3 Å². The molecule has 0 bridgehead atoms. The lowest BCUT2D eigenvalue weighted by molar-refractivity contribution is -0.297. The van der Waals surface area contributed by atoms with Crippen LogP contribution in [0.15, 0.2) is 122 Å². The van der Waals surface area contributed by atoms with Crippen molar-refractivity contribution in [2.45, 2.75) is 166 Å². The van der Waals surface area contributed by atoms with Crippen LogP contribution >= 0.6 is 0 Å². The summed E-state index contributed by atoms with van der Waals surface area (Å²) in [5.74, 6) is -2.12. The van der Waals surface area contributed by atoms with Gasteiger partial charge in [0.1, 0.15) is 36.8 Å². The van der Waals surface area contributed by atoms with Crippen molar-refractivity contribution in [3.63, 3.8) is 0 Å². The fourth-order valence-corrected chi connectivity index (χ4v) is 6.72. The maximum Gasteiger partial charge on any atom is 0.306 e. The summed E-state index contributed by atoms with van der Waals surface area (Å²) in [6.07, 6.45) is 46.7. The van der Waals surface area contributed by atoms with E-state index in [2.05, 4.69) is 123 Å². The molecule has 0 aliphatic carbocycles. The number of allylic oxidation sites excluding steroid dienone is 20. The largest absolute Gasteiger partial charge is 0.462 e. The maximum absolute atomic E-state index is 12.8. The van der Waals surface area contributed by atoms with Crippen molar-refractivity contribution >= 4 is 22.1 Å². The molecule has 1 fully saturated rings. The van der Waals surface area contributed by atoms with Crippen LogP contribution in [0.1, 0.15) is 129 Å². The Balaban J connectivity index is 2.52. The first kappa shape index (κ1) is 58.1. The van der Waals surface area contributed by atoms with Crippen LogP contribution in [-0.2, 0) is 38.7 Å². The SMILES string of the molecule is CC/C=C\C/C=C\C/C=C\C/C=C\C/C=C\CCCCCC(=O)OC(COC(=O)CCC/C=C\C/C=C\C/C=C\C/C=C\C/C=C\CC)COC1OC(CS(=O)(=O)O)C(O)C(O)C1O. The minimum atomic E-state index is -4.62. The number of ether oxygens (including phenoxy) is 4. The van der Waals surface area contributed by atoms with Crippen molar-refractivity contribution in [1.82, 2.24) is 0 Å². The minimum absolute atomic E-state index is 0.104. The zero-order valence-corrected chi connectivity index (χ0v) is 39.1. The van der Waals surface area contributed by atoms with Gasteiger partial charge in [0.2, 0.25) is 0 Å². The number of carbonyl (C=O) groups excluding carboxylic acids is 2. The van der Waals surface area contributed by atoms with Crippen molar-refractivity contribution in [3.8, 4) is 0 Å². The summed E-state index contributed by atoms with van der Waals surface area (Å²) < 4.78 is 54.0. The molecule has 1 aliphatic heterocycles. The fourth-order valence-electron chi connectivity index (χ4n) is 6.03. The molecule has 360 valence electrons. The van der Waals surface area contributed by atoms with Crippen molar-refractivity contribution in [3.05, 3.63) is 122 Å². The van der Waals surface area contributed by atoms with Crippen LogP contribution in [0.25, 0.3) is 0 Å². The Morgan fingerprint density at radius 1 is 0.531 bits per heavy atom. The highest BCUT2D eigenvalue weighted by atomic mass is 32.2. The quantitative estimate of drug-likeness (QED) is 0.0202. The third-order valence-electron chi connectivity index (χ3n) is 9.54. The Labute approximate surface area is 384 Å². The van der Waals surface area contributed by atoms with Gasteiger partial charge in [-0.1, -0.05) is 142 Å². The molecule has 64 heavy (non-hydrogen) atoms. The molecule has 1 saturated heterocycles. The van der Waals surface area contributed by atoms with E-state index in [-0.39, 0.29) is 19.4 Å².